The highest BCUT2D eigenvalue weighted by atomic mass is 15.1. The maximum Gasteiger partial charge on any atom is 0.0416 e. The first-order chi connectivity index (χ1) is 10.3. The molecule has 2 heteroatoms. The van der Waals surface area contributed by atoms with Crippen LogP contribution in [-0.2, 0) is 13.0 Å². The Kier molecular flexibility index (Phi) is 4.27. The maximum atomic E-state index is 4.37. The molecule has 0 unspecified atom stereocenters. The summed E-state index contributed by atoms with van der Waals surface area (Å²) in [6, 6.07) is 21.3. The summed E-state index contributed by atoms with van der Waals surface area (Å²) in [7, 11) is 2.16. The first kappa shape index (κ1) is 13.8. The van der Waals surface area contributed by atoms with Crippen LogP contribution in [0.2, 0.25) is 0 Å². The molecule has 0 aliphatic rings. The van der Waals surface area contributed by atoms with Crippen LogP contribution in [0.15, 0.2) is 66.9 Å². The van der Waals surface area contributed by atoms with Crippen molar-refractivity contribution in [3.63, 3.8) is 0 Å². The van der Waals surface area contributed by atoms with Crippen LogP contribution >= 0.6 is 0 Å². The average Bonchev–Trinajstić information content (AvgIpc) is 2.54. The van der Waals surface area contributed by atoms with Crippen LogP contribution in [0.25, 0.3) is 10.8 Å². The van der Waals surface area contributed by atoms with Gasteiger partial charge in [-0.05, 0) is 41.6 Å². The molecule has 3 rings (SSSR count). The topological polar surface area (TPSA) is 16.1 Å². The molecule has 2 aromatic carbocycles. The van der Waals surface area contributed by atoms with E-state index < -0.39 is 0 Å². The Labute approximate surface area is 126 Å². The number of fused-ring (bicyclic) bond motifs is 1. The summed E-state index contributed by atoms with van der Waals surface area (Å²) in [5.74, 6) is 0. The minimum Gasteiger partial charge on any atom is -0.302 e. The summed E-state index contributed by atoms with van der Waals surface area (Å²) >= 11 is 0. The van der Waals surface area contributed by atoms with E-state index in [1.807, 2.05) is 18.3 Å². The fourth-order valence-electron chi connectivity index (χ4n) is 2.58. The van der Waals surface area contributed by atoms with Gasteiger partial charge < -0.3 is 4.90 Å². The average molecular weight is 276 g/mol. The van der Waals surface area contributed by atoms with Crippen molar-refractivity contribution >= 4 is 10.8 Å². The molecular formula is C19H20N2. The van der Waals surface area contributed by atoms with Crippen molar-refractivity contribution in [3.8, 4) is 0 Å². The van der Waals surface area contributed by atoms with Gasteiger partial charge in [-0.3, -0.25) is 4.98 Å². The van der Waals surface area contributed by atoms with Gasteiger partial charge in [-0.2, -0.15) is 0 Å². The third-order valence-electron chi connectivity index (χ3n) is 3.74. The van der Waals surface area contributed by atoms with E-state index in [2.05, 4.69) is 65.5 Å². The van der Waals surface area contributed by atoms with Gasteiger partial charge in [-0.15, -0.1) is 0 Å². The summed E-state index contributed by atoms with van der Waals surface area (Å²) in [4.78, 5) is 6.72. The van der Waals surface area contributed by atoms with Gasteiger partial charge in [-0.1, -0.05) is 42.5 Å². The van der Waals surface area contributed by atoms with Crippen molar-refractivity contribution in [1.82, 2.24) is 9.88 Å². The first-order valence-electron chi connectivity index (χ1n) is 7.37. The van der Waals surface area contributed by atoms with Gasteiger partial charge >= 0.3 is 0 Å². The van der Waals surface area contributed by atoms with Crippen molar-refractivity contribution < 1.29 is 0 Å². The summed E-state index contributed by atoms with van der Waals surface area (Å²) < 4.78 is 0. The van der Waals surface area contributed by atoms with Crippen molar-refractivity contribution in [1.29, 1.82) is 0 Å². The minimum atomic E-state index is 0.970. The predicted molar refractivity (Wildman–Crippen MR) is 88.2 cm³/mol. The lowest BCUT2D eigenvalue weighted by molar-refractivity contribution is 0.330. The van der Waals surface area contributed by atoms with Gasteiger partial charge in [0.2, 0.25) is 0 Å². The van der Waals surface area contributed by atoms with E-state index >= 15 is 0 Å². The zero-order valence-electron chi connectivity index (χ0n) is 12.4. The number of likely N-dealkylation sites (N-methyl/N-ethyl adjacent to an activating group) is 1. The van der Waals surface area contributed by atoms with Crippen LogP contribution < -0.4 is 0 Å². The minimum absolute atomic E-state index is 0.970. The highest BCUT2D eigenvalue weighted by Gasteiger charge is 2.02. The zero-order chi connectivity index (χ0) is 14.5. The fraction of sp³-hybridized carbons (Fsp3) is 0.211. The predicted octanol–water partition coefficient (Wildman–Crippen LogP) is 3.91. The van der Waals surface area contributed by atoms with Crippen LogP contribution in [-0.4, -0.2) is 23.5 Å². The Morgan fingerprint density at radius 2 is 1.71 bits per heavy atom. The number of pyridine rings is 1. The second-order valence-corrected chi connectivity index (χ2v) is 5.49. The standard InChI is InChI=1S/C19H20N2/c1-21(13-11-19-8-4-5-12-20-19)15-16-9-10-17-6-2-3-7-18(17)14-16/h2-10,12,14H,11,13,15H2,1H3. The van der Waals surface area contributed by atoms with Crippen LogP contribution in [0.4, 0.5) is 0 Å². The molecule has 0 amide bonds. The monoisotopic (exact) mass is 276 g/mol. The lowest BCUT2D eigenvalue weighted by atomic mass is 10.1. The Morgan fingerprint density at radius 3 is 2.52 bits per heavy atom. The molecule has 0 atom stereocenters. The molecule has 0 bridgehead atoms. The second-order valence-electron chi connectivity index (χ2n) is 5.49. The van der Waals surface area contributed by atoms with E-state index in [1.54, 1.807) is 0 Å². The first-order valence-corrected chi connectivity index (χ1v) is 7.37. The van der Waals surface area contributed by atoms with Crippen molar-refractivity contribution in [2.24, 2.45) is 0 Å². The summed E-state index contributed by atoms with van der Waals surface area (Å²) in [6.45, 7) is 1.99. The summed E-state index contributed by atoms with van der Waals surface area (Å²) in [6.07, 6.45) is 2.85. The molecule has 0 N–H and O–H groups in total. The molecule has 0 aliphatic heterocycles. The van der Waals surface area contributed by atoms with E-state index in [9.17, 15) is 0 Å². The molecule has 0 aliphatic carbocycles. The van der Waals surface area contributed by atoms with Crippen molar-refractivity contribution in [2.45, 2.75) is 13.0 Å². The van der Waals surface area contributed by atoms with E-state index in [1.165, 1.54) is 16.3 Å². The van der Waals surface area contributed by atoms with Crippen molar-refractivity contribution in [3.05, 3.63) is 78.1 Å². The van der Waals surface area contributed by atoms with Crippen LogP contribution in [0.5, 0.6) is 0 Å². The van der Waals surface area contributed by atoms with Crippen LogP contribution in [0.1, 0.15) is 11.3 Å². The fourth-order valence-corrected chi connectivity index (χ4v) is 2.58. The third kappa shape index (κ3) is 3.67. The summed E-state index contributed by atoms with van der Waals surface area (Å²) in [5.41, 5.74) is 2.51. The van der Waals surface area contributed by atoms with Gasteiger partial charge in [0.1, 0.15) is 0 Å². The number of hydrogen-bond acceptors (Lipinski definition) is 2. The van der Waals surface area contributed by atoms with E-state index in [0.29, 0.717) is 0 Å². The highest BCUT2D eigenvalue weighted by molar-refractivity contribution is 5.82. The van der Waals surface area contributed by atoms with E-state index in [0.717, 1.165) is 25.2 Å². The van der Waals surface area contributed by atoms with Gasteiger partial charge in [0.25, 0.3) is 0 Å². The molecule has 3 aromatic rings. The number of rotatable bonds is 5. The van der Waals surface area contributed by atoms with Gasteiger partial charge in [0, 0.05) is 31.4 Å². The molecular weight excluding hydrogens is 256 g/mol. The molecule has 106 valence electrons. The number of nitrogens with zero attached hydrogens (tertiary/aromatic N) is 2. The number of benzene rings is 2. The van der Waals surface area contributed by atoms with E-state index in [4.69, 9.17) is 0 Å². The third-order valence-corrected chi connectivity index (χ3v) is 3.74. The lowest BCUT2D eigenvalue weighted by Crippen LogP contribution is -2.21. The van der Waals surface area contributed by atoms with Gasteiger partial charge in [0.05, 0.1) is 0 Å². The van der Waals surface area contributed by atoms with Gasteiger partial charge in [-0.25, -0.2) is 0 Å². The summed E-state index contributed by atoms with van der Waals surface area (Å²) in [5, 5.41) is 2.62. The Balaban J connectivity index is 1.62. The lowest BCUT2D eigenvalue weighted by Gasteiger charge is -2.16. The van der Waals surface area contributed by atoms with E-state index in [-0.39, 0.29) is 0 Å². The molecule has 1 aromatic heterocycles. The molecule has 21 heavy (non-hydrogen) atoms. The largest absolute Gasteiger partial charge is 0.302 e. The highest BCUT2D eigenvalue weighted by Crippen LogP contribution is 2.16. The second kappa shape index (κ2) is 6.51. The Bertz CT molecular complexity index is 707. The molecule has 0 saturated heterocycles. The van der Waals surface area contributed by atoms with Gasteiger partial charge in [0.15, 0.2) is 0 Å². The SMILES string of the molecule is CN(CCc1ccccn1)Cc1ccc2ccccc2c1. The van der Waals surface area contributed by atoms with Crippen LogP contribution in [0, 0.1) is 0 Å². The molecule has 0 fully saturated rings. The smallest absolute Gasteiger partial charge is 0.0416 e. The maximum absolute atomic E-state index is 4.37. The molecule has 0 spiro atoms. The Hall–Kier alpha value is -2.19. The number of aromatic nitrogens is 1. The molecule has 2 nitrogen and oxygen atoms in total. The van der Waals surface area contributed by atoms with Crippen LogP contribution in [0.3, 0.4) is 0 Å². The van der Waals surface area contributed by atoms with Crippen molar-refractivity contribution in [2.75, 3.05) is 13.6 Å². The Morgan fingerprint density at radius 1 is 0.905 bits per heavy atom. The molecule has 0 radical (unpaired) electrons. The molecule has 0 saturated carbocycles. The normalized spacial score (nSPS) is 11.1. The zero-order valence-corrected chi connectivity index (χ0v) is 12.4. The molecule has 1 heterocycles. The number of hydrogen-bond donors (Lipinski definition) is 0. The quantitative estimate of drug-likeness (QED) is 0.702.